The molecule has 0 radical (unpaired) electrons. The molecule has 0 bridgehead atoms. The van der Waals surface area contributed by atoms with Gasteiger partial charge in [-0.2, -0.15) is 5.26 Å². The van der Waals surface area contributed by atoms with Crippen molar-refractivity contribution in [1.82, 2.24) is 4.57 Å². The summed E-state index contributed by atoms with van der Waals surface area (Å²) >= 11 is 0. The summed E-state index contributed by atoms with van der Waals surface area (Å²) in [6, 6.07) is 11.6. The predicted octanol–water partition coefficient (Wildman–Crippen LogP) is 1.83. The van der Waals surface area contributed by atoms with E-state index in [1.54, 1.807) is 36.4 Å². The highest BCUT2D eigenvalue weighted by Gasteiger charge is 2.22. The van der Waals surface area contributed by atoms with E-state index in [0.717, 1.165) is 0 Å². The Bertz CT molecular complexity index is 693. The second-order valence-electron chi connectivity index (χ2n) is 3.96. The number of ketones is 1. The molecule has 1 aromatic carbocycles. The molecule has 0 spiro atoms. The van der Waals surface area contributed by atoms with Crippen LogP contribution in [0.1, 0.15) is 32.1 Å². The van der Waals surface area contributed by atoms with Gasteiger partial charge in [0, 0.05) is 12.6 Å². The zero-order valence-corrected chi connectivity index (χ0v) is 10.1. The molecule has 1 N–H and O–H groups in total. The molecule has 0 aliphatic heterocycles. The third-order valence-corrected chi connectivity index (χ3v) is 2.82. The highest BCUT2D eigenvalue weighted by Crippen LogP contribution is 2.17. The van der Waals surface area contributed by atoms with Gasteiger partial charge in [-0.15, -0.1) is 0 Å². The first-order valence-electron chi connectivity index (χ1n) is 5.49. The summed E-state index contributed by atoms with van der Waals surface area (Å²) in [4.78, 5) is 23.3. The van der Waals surface area contributed by atoms with Crippen molar-refractivity contribution >= 4 is 11.8 Å². The summed E-state index contributed by atoms with van der Waals surface area (Å²) in [5.41, 5.74) is 0.431. The van der Waals surface area contributed by atoms with Gasteiger partial charge in [0.05, 0.1) is 11.3 Å². The summed E-state index contributed by atoms with van der Waals surface area (Å²) in [5, 5.41) is 18.0. The molecular weight excluding hydrogens is 244 g/mol. The van der Waals surface area contributed by atoms with Crippen LogP contribution in [0.15, 0.2) is 36.4 Å². The van der Waals surface area contributed by atoms with Gasteiger partial charge in [-0.1, -0.05) is 30.3 Å². The van der Waals surface area contributed by atoms with Crippen molar-refractivity contribution in [2.75, 3.05) is 0 Å². The van der Waals surface area contributed by atoms with Gasteiger partial charge in [0.25, 0.3) is 0 Å². The minimum Gasteiger partial charge on any atom is -0.477 e. The number of carboxylic acids is 1. The van der Waals surface area contributed by atoms with E-state index in [1.807, 2.05) is 0 Å². The van der Waals surface area contributed by atoms with E-state index in [2.05, 4.69) is 0 Å². The monoisotopic (exact) mass is 254 g/mol. The number of nitrogens with zero attached hydrogens (tertiary/aromatic N) is 2. The summed E-state index contributed by atoms with van der Waals surface area (Å²) in [6.07, 6.45) is 0. The smallest absolute Gasteiger partial charge is 0.353 e. The lowest BCUT2D eigenvalue weighted by atomic mass is 10.1. The number of carbonyl (C=O) groups is 2. The van der Waals surface area contributed by atoms with Crippen LogP contribution in [0, 0.1) is 11.3 Å². The Labute approximate surface area is 109 Å². The van der Waals surface area contributed by atoms with Crippen molar-refractivity contribution in [1.29, 1.82) is 5.26 Å². The van der Waals surface area contributed by atoms with Crippen LogP contribution in [-0.2, 0) is 7.05 Å². The second kappa shape index (κ2) is 4.78. The number of carboxylic acid groups (broad SMARTS) is 1. The zero-order chi connectivity index (χ0) is 14.0. The molecule has 0 aliphatic rings. The van der Waals surface area contributed by atoms with Crippen LogP contribution in [0.5, 0.6) is 0 Å². The zero-order valence-electron chi connectivity index (χ0n) is 10.1. The Balaban J connectivity index is 2.57. The highest BCUT2D eigenvalue weighted by atomic mass is 16.4. The van der Waals surface area contributed by atoms with Crippen LogP contribution < -0.4 is 0 Å². The van der Waals surface area contributed by atoms with Crippen molar-refractivity contribution in [3.05, 3.63) is 58.9 Å². The van der Waals surface area contributed by atoms with Gasteiger partial charge in [0.2, 0.25) is 5.78 Å². The molecule has 19 heavy (non-hydrogen) atoms. The molecule has 0 aliphatic carbocycles. The molecule has 0 atom stereocenters. The van der Waals surface area contributed by atoms with Gasteiger partial charge in [0.15, 0.2) is 0 Å². The molecular formula is C14H10N2O3. The van der Waals surface area contributed by atoms with Crippen molar-refractivity contribution in [3.63, 3.8) is 0 Å². The molecule has 5 nitrogen and oxygen atoms in total. The second-order valence-corrected chi connectivity index (χ2v) is 3.96. The largest absolute Gasteiger partial charge is 0.477 e. The van der Waals surface area contributed by atoms with E-state index in [9.17, 15) is 9.59 Å². The molecule has 2 aromatic rings. The first-order valence-corrected chi connectivity index (χ1v) is 5.49. The van der Waals surface area contributed by atoms with Crippen molar-refractivity contribution < 1.29 is 14.7 Å². The molecule has 94 valence electrons. The maximum Gasteiger partial charge on any atom is 0.353 e. The molecule has 0 amide bonds. The van der Waals surface area contributed by atoms with Crippen LogP contribution >= 0.6 is 0 Å². The first-order chi connectivity index (χ1) is 9.06. The standard InChI is InChI=1S/C14H10N2O3/c1-16-11(7-10(8-15)12(16)14(18)19)13(17)9-5-3-2-4-6-9/h2-7H,1H3,(H,18,19). The summed E-state index contributed by atoms with van der Waals surface area (Å²) in [6.45, 7) is 0. The van der Waals surface area contributed by atoms with Crippen LogP contribution in [0.4, 0.5) is 0 Å². The normalized spacial score (nSPS) is 9.89. The molecule has 0 unspecified atom stereocenters. The Morgan fingerprint density at radius 2 is 1.89 bits per heavy atom. The van der Waals surface area contributed by atoms with E-state index < -0.39 is 5.97 Å². The lowest BCUT2D eigenvalue weighted by molar-refractivity contribution is 0.0686. The number of aromatic carboxylic acids is 1. The first kappa shape index (κ1) is 12.6. The number of benzene rings is 1. The predicted molar refractivity (Wildman–Crippen MR) is 67.0 cm³/mol. The van der Waals surface area contributed by atoms with Gasteiger partial charge in [-0.3, -0.25) is 4.79 Å². The quantitative estimate of drug-likeness (QED) is 0.847. The Kier molecular flexibility index (Phi) is 3.17. The van der Waals surface area contributed by atoms with E-state index in [-0.39, 0.29) is 22.7 Å². The van der Waals surface area contributed by atoms with Crippen molar-refractivity contribution in [2.45, 2.75) is 0 Å². The minimum atomic E-state index is -1.23. The van der Waals surface area contributed by atoms with Gasteiger partial charge in [-0.25, -0.2) is 4.79 Å². The minimum absolute atomic E-state index is 0.0192. The third kappa shape index (κ3) is 2.11. The number of hydrogen-bond donors (Lipinski definition) is 1. The fourth-order valence-corrected chi connectivity index (χ4v) is 1.90. The molecule has 1 aromatic heterocycles. The number of nitriles is 1. The summed E-state index contributed by atoms with van der Waals surface area (Å²) in [7, 11) is 1.46. The summed E-state index contributed by atoms with van der Waals surface area (Å²) < 4.78 is 1.23. The number of rotatable bonds is 3. The average molecular weight is 254 g/mol. The molecule has 5 heteroatoms. The van der Waals surface area contributed by atoms with Crippen molar-refractivity contribution in [3.8, 4) is 6.07 Å². The van der Waals surface area contributed by atoms with E-state index in [4.69, 9.17) is 10.4 Å². The van der Waals surface area contributed by atoms with Gasteiger partial charge in [-0.05, 0) is 6.07 Å². The lowest BCUT2D eigenvalue weighted by Crippen LogP contribution is -2.12. The third-order valence-electron chi connectivity index (χ3n) is 2.82. The molecule has 0 saturated carbocycles. The van der Waals surface area contributed by atoms with E-state index in [1.165, 1.54) is 17.7 Å². The molecule has 2 rings (SSSR count). The molecule has 0 fully saturated rings. The molecule has 1 heterocycles. The van der Waals surface area contributed by atoms with Gasteiger partial charge < -0.3 is 9.67 Å². The lowest BCUT2D eigenvalue weighted by Gasteiger charge is -2.04. The number of carbonyl (C=O) groups excluding carboxylic acids is 1. The fraction of sp³-hybridized carbons (Fsp3) is 0.0714. The van der Waals surface area contributed by atoms with Gasteiger partial charge >= 0.3 is 5.97 Å². The fourth-order valence-electron chi connectivity index (χ4n) is 1.90. The number of aromatic nitrogens is 1. The van der Waals surface area contributed by atoms with Crippen LogP contribution in [0.25, 0.3) is 0 Å². The summed E-state index contributed by atoms with van der Waals surface area (Å²) in [5.74, 6) is -1.54. The van der Waals surface area contributed by atoms with Crippen LogP contribution in [-0.4, -0.2) is 21.4 Å². The van der Waals surface area contributed by atoms with E-state index in [0.29, 0.717) is 5.56 Å². The SMILES string of the molecule is Cn1c(C(=O)c2ccccc2)cc(C#N)c1C(=O)O. The van der Waals surface area contributed by atoms with Crippen molar-refractivity contribution in [2.24, 2.45) is 7.05 Å². The van der Waals surface area contributed by atoms with Crippen LogP contribution in [0.3, 0.4) is 0 Å². The average Bonchev–Trinajstić information content (AvgIpc) is 2.76. The Morgan fingerprint density at radius 3 is 2.37 bits per heavy atom. The molecule has 0 saturated heterocycles. The highest BCUT2D eigenvalue weighted by molar-refractivity contribution is 6.09. The van der Waals surface area contributed by atoms with Crippen LogP contribution in [0.2, 0.25) is 0 Å². The maximum atomic E-state index is 12.2. The Hall–Kier alpha value is -2.87. The maximum absolute atomic E-state index is 12.2. The van der Waals surface area contributed by atoms with E-state index >= 15 is 0 Å². The Morgan fingerprint density at radius 1 is 1.26 bits per heavy atom. The number of hydrogen-bond acceptors (Lipinski definition) is 3. The topological polar surface area (TPSA) is 83.1 Å². The van der Waals surface area contributed by atoms with Gasteiger partial charge in [0.1, 0.15) is 11.8 Å².